The van der Waals surface area contributed by atoms with Gasteiger partial charge in [0.2, 0.25) is 0 Å². The number of hydrogen-bond acceptors (Lipinski definition) is 2. The van der Waals surface area contributed by atoms with E-state index < -0.39 is 0 Å². The van der Waals surface area contributed by atoms with Gasteiger partial charge in [0, 0.05) is 4.47 Å². The maximum Gasteiger partial charge on any atom is 0.123 e. The standard InChI is InChI=1S/C15H15BrFNO/c16-13-3-1-2-11(8-13)10-19-15-5-4-14(17)9-12(15)6-7-18/h1-5,8-9H,6-7,10,18H2. The lowest BCUT2D eigenvalue weighted by Gasteiger charge is -2.11. The topological polar surface area (TPSA) is 35.2 Å². The zero-order chi connectivity index (χ0) is 13.7. The summed E-state index contributed by atoms with van der Waals surface area (Å²) in [7, 11) is 0. The van der Waals surface area contributed by atoms with Crippen molar-refractivity contribution in [2.24, 2.45) is 5.73 Å². The highest BCUT2D eigenvalue weighted by Crippen LogP contribution is 2.22. The molecule has 0 aliphatic carbocycles. The molecule has 0 fully saturated rings. The van der Waals surface area contributed by atoms with Gasteiger partial charge in [-0.1, -0.05) is 28.1 Å². The fraction of sp³-hybridized carbons (Fsp3) is 0.200. The molecule has 2 nitrogen and oxygen atoms in total. The Hall–Kier alpha value is -1.39. The van der Waals surface area contributed by atoms with Crippen LogP contribution in [0.15, 0.2) is 46.9 Å². The first kappa shape index (κ1) is 14.0. The Labute approximate surface area is 120 Å². The fourth-order valence-electron chi connectivity index (χ4n) is 1.83. The van der Waals surface area contributed by atoms with Crippen molar-refractivity contribution in [3.63, 3.8) is 0 Å². The SMILES string of the molecule is NCCc1cc(F)ccc1OCc1cccc(Br)c1. The van der Waals surface area contributed by atoms with Crippen LogP contribution in [0.5, 0.6) is 5.75 Å². The highest BCUT2D eigenvalue weighted by Gasteiger charge is 2.05. The first-order chi connectivity index (χ1) is 9.19. The molecule has 0 unspecified atom stereocenters. The van der Waals surface area contributed by atoms with E-state index in [-0.39, 0.29) is 5.82 Å². The minimum atomic E-state index is -0.266. The Balaban J connectivity index is 2.10. The molecule has 2 aromatic carbocycles. The molecule has 2 rings (SSSR count). The maximum atomic E-state index is 13.2. The highest BCUT2D eigenvalue weighted by molar-refractivity contribution is 9.10. The lowest BCUT2D eigenvalue weighted by Crippen LogP contribution is -2.06. The molecule has 0 aliphatic rings. The summed E-state index contributed by atoms with van der Waals surface area (Å²) in [6.45, 7) is 0.916. The Morgan fingerprint density at radius 3 is 2.74 bits per heavy atom. The lowest BCUT2D eigenvalue weighted by atomic mass is 10.1. The van der Waals surface area contributed by atoms with Gasteiger partial charge in [0.15, 0.2) is 0 Å². The molecular weight excluding hydrogens is 309 g/mol. The highest BCUT2D eigenvalue weighted by atomic mass is 79.9. The predicted octanol–water partition coefficient (Wildman–Crippen LogP) is 3.67. The van der Waals surface area contributed by atoms with E-state index in [9.17, 15) is 4.39 Å². The van der Waals surface area contributed by atoms with Gasteiger partial charge < -0.3 is 10.5 Å². The van der Waals surface area contributed by atoms with Crippen LogP contribution in [0, 0.1) is 5.82 Å². The molecule has 0 atom stereocenters. The van der Waals surface area contributed by atoms with E-state index in [1.165, 1.54) is 12.1 Å². The van der Waals surface area contributed by atoms with Gasteiger partial charge in [-0.3, -0.25) is 0 Å². The monoisotopic (exact) mass is 323 g/mol. The van der Waals surface area contributed by atoms with Crippen LogP contribution in [0.1, 0.15) is 11.1 Å². The molecule has 0 heterocycles. The first-order valence-electron chi connectivity index (χ1n) is 6.05. The van der Waals surface area contributed by atoms with E-state index in [4.69, 9.17) is 10.5 Å². The quantitative estimate of drug-likeness (QED) is 0.911. The molecule has 0 aromatic heterocycles. The summed E-state index contributed by atoms with van der Waals surface area (Å²) < 4.78 is 19.9. The van der Waals surface area contributed by atoms with Crippen LogP contribution < -0.4 is 10.5 Å². The average Bonchev–Trinajstić information content (AvgIpc) is 2.38. The molecule has 2 N–H and O–H groups in total. The summed E-state index contributed by atoms with van der Waals surface area (Å²) in [5.74, 6) is 0.421. The summed E-state index contributed by atoms with van der Waals surface area (Å²) >= 11 is 3.42. The van der Waals surface area contributed by atoms with Gasteiger partial charge in [0.05, 0.1) is 0 Å². The fourth-order valence-corrected chi connectivity index (χ4v) is 2.27. The molecule has 0 aliphatic heterocycles. The summed E-state index contributed by atoms with van der Waals surface area (Å²) in [4.78, 5) is 0. The first-order valence-corrected chi connectivity index (χ1v) is 6.84. The van der Waals surface area contributed by atoms with Gasteiger partial charge in [-0.2, -0.15) is 0 Å². The van der Waals surface area contributed by atoms with Crippen molar-refractivity contribution >= 4 is 15.9 Å². The minimum absolute atomic E-state index is 0.266. The number of rotatable bonds is 5. The van der Waals surface area contributed by atoms with Crippen molar-refractivity contribution in [1.29, 1.82) is 0 Å². The predicted molar refractivity (Wildman–Crippen MR) is 77.6 cm³/mol. The third-order valence-electron chi connectivity index (χ3n) is 2.72. The van der Waals surface area contributed by atoms with E-state index in [0.717, 1.165) is 15.6 Å². The van der Waals surface area contributed by atoms with Crippen LogP contribution in [-0.4, -0.2) is 6.54 Å². The summed E-state index contributed by atoms with van der Waals surface area (Å²) in [6, 6.07) is 12.4. The van der Waals surface area contributed by atoms with Gasteiger partial charge in [-0.25, -0.2) is 4.39 Å². The van der Waals surface area contributed by atoms with Crippen molar-refractivity contribution < 1.29 is 9.13 Å². The molecule has 4 heteroatoms. The summed E-state index contributed by atoms with van der Waals surface area (Å²) in [5.41, 5.74) is 7.38. The van der Waals surface area contributed by atoms with E-state index in [0.29, 0.717) is 25.3 Å². The zero-order valence-corrected chi connectivity index (χ0v) is 12.0. The Morgan fingerprint density at radius 2 is 2.00 bits per heavy atom. The molecule has 0 spiro atoms. The number of hydrogen-bond donors (Lipinski definition) is 1. The molecule has 0 radical (unpaired) electrons. The molecule has 0 bridgehead atoms. The Kier molecular flexibility index (Phi) is 4.93. The molecule has 19 heavy (non-hydrogen) atoms. The van der Waals surface area contributed by atoms with Crippen LogP contribution in [0.25, 0.3) is 0 Å². The van der Waals surface area contributed by atoms with Gasteiger partial charge in [0.25, 0.3) is 0 Å². The van der Waals surface area contributed by atoms with Crippen molar-refractivity contribution in [1.82, 2.24) is 0 Å². The maximum absolute atomic E-state index is 13.2. The normalized spacial score (nSPS) is 10.5. The molecule has 2 aromatic rings. The Morgan fingerprint density at radius 1 is 1.16 bits per heavy atom. The van der Waals surface area contributed by atoms with Crippen molar-refractivity contribution in [2.75, 3.05) is 6.54 Å². The second kappa shape index (κ2) is 6.68. The smallest absolute Gasteiger partial charge is 0.123 e. The summed E-state index contributed by atoms with van der Waals surface area (Å²) in [5, 5.41) is 0. The molecule has 0 saturated heterocycles. The van der Waals surface area contributed by atoms with Crippen molar-refractivity contribution in [3.05, 3.63) is 63.9 Å². The number of halogens is 2. The van der Waals surface area contributed by atoms with Gasteiger partial charge in [-0.15, -0.1) is 0 Å². The molecule has 0 saturated carbocycles. The third-order valence-corrected chi connectivity index (χ3v) is 3.21. The van der Waals surface area contributed by atoms with Crippen LogP contribution in [0.3, 0.4) is 0 Å². The second-order valence-electron chi connectivity index (χ2n) is 4.21. The second-order valence-corrected chi connectivity index (χ2v) is 5.12. The zero-order valence-electron chi connectivity index (χ0n) is 10.4. The van der Waals surface area contributed by atoms with E-state index in [1.54, 1.807) is 6.07 Å². The Bertz CT molecular complexity index is 560. The number of benzene rings is 2. The van der Waals surface area contributed by atoms with Crippen LogP contribution in [0.2, 0.25) is 0 Å². The van der Waals surface area contributed by atoms with E-state index in [1.807, 2.05) is 24.3 Å². The average molecular weight is 324 g/mol. The largest absolute Gasteiger partial charge is 0.489 e. The van der Waals surface area contributed by atoms with Crippen LogP contribution in [0.4, 0.5) is 4.39 Å². The number of nitrogens with two attached hydrogens (primary N) is 1. The third kappa shape index (κ3) is 4.04. The minimum Gasteiger partial charge on any atom is -0.489 e. The lowest BCUT2D eigenvalue weighted by molar-refractivity contribution is 0.302. The van der Waals surface area contributed by atoms with E-state index in [2.05, 4.69) is 15.9 Å². The van der Waals surface area contributed by atoms with Crippen molar-refractivity contribution in [2.45, 2.75) is 13.0 Å². The molecule has 100 valence electrons. The summed E-state index contributed by atoms with van der Waals surface area (Å²) in [6.07, 6.45) is 0.603. The van der Waals surface area contributed by atoms with Crippen LogP contribution >= 0.6 is 15.9 Å². The van der Waals surface area contributed by atoms with Gasteiger partial charge in [0.1, 0.15) is 18.2 Å². The molecular formula is C15H15BrFNO. The van der Waals surface area contributed by atoms with Crippen LogP contribution in [-0.2, 0) is 13.0 Å². The number of ether oxygens (including phenoxy) is 1. The van der Waals surface area contributed by atoms with Gasteiger partial charge >= 0.3 is 0 Å². The van der Waals surface area contributed by atoms with E-state index >= 15 is 0 Å². The van der Waals surface area contributed by atoms with Crippen molar-refractivity contribution in [3.8, 4) is 5.75 Å². The molecule has 0 amide bonds. The van der Waals surface area contributed by atoms with Gasteiger partial charge in [-0.05, 0) is 54.4 Å².